The van der Waals surface area contributed by atoms with Crippen LogP contribution in [0.5, 0.6) is 0 Å². The van der Waals surface area contributed by atoms with Gasteiger partial charge in [-0.05, 0) is 48.2 Å². The van der Waals surface area contributed by atoms with Gasteiger partial charge in [0, 0.05) is 30.4 Å². The molecule has 1 aliphatic rings. The summed E-state index contributed by atoms with van der Waals surface area (Å²) in [6.45, 7) is 0. The highest BCUT2D eigenvalue weighted by Crippen LogP contribution is 2.33. The smallest absolute Gasteiger partial charge is 0.274 e. The molecule has 8 nitrogen and oxygen atoms in total. The number of nitrogens with two attached hydrogens (primary N) is 1. The first-order chi connectivity index (χ1) is 17.1. The number of rotatable bonds is 4. The fraction of sp³-hybridized carbons (Fsp3) is 0.148. The normalized spacial score (nSPS) is 14.7. The van der Waals surface area contributed by atoms with Gasteiger partial charge in [-0.15, -0.1) is 0 Å². The van der Waals surface area contributed by atoms with Gasteiger partial charge in [0.25, 0.3) is 5.91 Å². The highest BCUT2D eigenvalue weighted by molar-refractivity contribution is 5.98. The fourth-order valence-corrected chi connectivity index (χ4v) is 4.69. The summed E-state index contributed by atoms with van der Waals surface area (Å²) in [6, 6.07) is 19.7. The van der Waals surface area contributed by atoms with Gasteiger partial charge < -0.3 is 11.1 Å². The molecule has 5 aromatic rings. The molecule has 0 saturated heterocycles. The maximum atomic E-state index is 13.4. The van der Waals surface area contributed by atoms with Crippen molar-refractivity contribution in [2.24, 2.45) is 7.05 Å². The Bertz CT molecular complexity index is 1590. The molecule has 0 unspecified atom stereocenters. The highest BCUT2D eigenvalue weighted by atomic mass is 16.2. The fourth-order valence-electron chi connectivity index (χ4n) is 4.69. The van der Waals surface area contributed by atoms with Gasteiger partial charge in [-0.2, -0.15) is 5.10 Å². The second-order valence-corrected chi connectivity index (χ2v) is 8.70. The monoisotopic (exact) mass is 461 g/mol. The van der Waals surface area contributed by atoms with E-state index in [1.54, 1.807) is 10.9 Å². The van der Waals surface area contributed by atoms with Gasteiger partial charge in [0.1, 0.15) is 11.4 Å². The van der Waals surface area contributed by atoms with Gasteiger partial charge in [-0.25, -0.2) is 9.97 Å². The minimum absolute atomic E-state index is 0.0700. The zero-order valence-corrected chi connectivity index (χ0v) is 19.1. The lowest BCUT2D eigenvalue weighted by Gasteiger charge is -2.16. The largest absolute Gasteiger partial charge is 0.382 e. The predicted molar refractivity (Wildman–Crippen MR) is 134 cm³/mol. The third kappa shape index (κ3) is 3.78. The minimum Gasteiger partial charge on any atom is -0.382 e. The van der Waals surface area contributed by atoms with Gasteiger partial charge in [-0.3, -0.25) is 14.5 Å². The number of carbonyl (C=O) groups is 1. The van der Waals surface area contributed by atoms with Crippen LogP contribution in [0.4, 0.5) is 5.82 Å². The van der Waals surface area contributed by atoms with Gasteiger partial charge in [0.05, 0.1) is 17.3 Å². The number of aryl methyl sites for hydroxylation is 2. The minimum atomic E-state index is -0.340. The topological polar surface area (TPSA) is 112 Å². The summed E-state index contributed by atoms with van der Waals surface area (Å²) in [5.74, 6) is -0.270. The van der Waals surface area contributed by atoms with Crippen LogP contribution >= 0.6 is 0 Å². The molecule has 0 bridgehead atoms. The molecule has 6 rings (SSSR count). The number of fused-ring (bicyclic) bond motifs is 2. The number of anilines is 1. The Balaban J connectivity index is 1.44. The zero-order valence-electron chi connectivity index (χ0n) is 19.1. The number of nitrogen functional groups attached to an aromatic ring is 1. The standard InChI is InChI=1S/C27H23N7O/c1-34-14-12-22(33-34)24-23(18-9-10-20-17(15-18)6-4-13-29-20)31-25(26(28)32-24)27(35)30-21-11-8-16-5-2-3-7-19(16)21/h2-7,9-10,12-15,21H,8,11H2,1H3,(H2,28,32)(H,30,35)/t21-/m0/s1. The van der Waals surface area contributed by atoms with Crippen LogP contribution in [0.15, 0.2) is 73.1 Å². The van der Waals surface area contributed by atoms with Crippen molar-refractivity contribution >= 4 is 22.6 Å². The van der Waals surface area contributed by atoms with E-state index in [2.05, 4.69) is 32.5 Å². The molecule has 3 aromatic heterocycles. The van der Waals surface area contributed by atoms with E-state index >= 15 is 0 Å². The lowest BCUT2D eigenvalue weighted by molar-refractivity contribution is 0.0932. The third-order valence-electron chi connectivity index (χ3n) is 6.41. The maximum absolute atomic E-state index is 13.4. The number of benzene rings is 2. The lowest BCUT2D eigenvalue weighted by atomic mass is 10.0. The molecule has 1 aliphatic carbocycles. The predicted octanol–water partition coefficient (Wildman–Crippen LogP) is 4.09. The molecule has 0 aliphatic heterocycles. The third-order valence-corrected chi connectivity index (χ3v) is 6.41. The SMILES string of the molecule is Cn1ccc(-c2nc(N)c(C(=O)N[C@H]3CCc4ccccc43)nc2-c2ccc3ncccc3c2)n1. The van der Waals surface area contributed by atoms with Crippen LogP contribution in [0.25, 0.3) is 33.5 Å². The Hall–Kier alpha value is -4.59. The second-order valence-electron chi connectivity index (χ2n) is 8.70. The summed E-state index contributed by atoms with van der Waals surface area (Å²) in [6.07, 6.45) is 5.36. The Morgan fingerprint density at radius 1 is 1.06 bits per heavy atom. The maximum Gasteiger partial charge on any atom is 0.274 e. The van der Waals surface area contributed by atoms with Crippen molar-refractivity contribution in [2.45, 2.75) is 18.9 Å². The summed E-state index contributed by atoms with van der Waals surface area (Å²) < 4.78 is 1.69. The Kier molecular flexibility index (Phi) is 4.99. The number of hydrogen-bond donors (Lipinski definition) is 2. The summed E-state index contributed by atoms with van der Waals surface area (Å²) in [5, 5.41) is 8.57. The molecular formula is C27H23N7O. The molecule has 0 fully saturated rings. The average molecular weight is 462 g/mol. The number of aromatic nitrogens is 5. The summed E-state index contributed by atoms with van der Waals surface area (Å²) in [7, 11) is 1.84. The summed E-state index contributed by atoms with van der Waals surface area (Å²) in [4.78, 5) is 27.1. The molecule has 1 amide bonds. The van der Waals surface area contributed by atoms with Crippen LogP contribution in [0, 0.1) is 0 Å². The van der Waals surface area contributed by atoms with Gasteiger partial charge in [-0.1, -0.05) is 36.4 Å². The number of amides is 1. The molecule has 172 valence electrons. The summed E-state index contributed by atoms with van der Waals surface area (Å²) in [5.41, 5.74) is 12.2. The Morgan fingerprint density at radius 2 is 1.94 bits per heavy atom. The Labute approximate surface area is 201 Å². The van der Waals surface area contributed by atoms with Crippen molar-refractivity contribution in [1.29, 1.82) is 0 Å². The van der Waals surface area contributed by atoms with E-state index in [1.807, 2.05) is 61.8 Å². The first-order valence-corrected chi connectivity index (χ1v) is 11.5. The zero-order chi connectivity index (χ0) is 23.9. The van der Waals surface area contributed by atoms with Crippen LogP contribution in [-0.4, -0.2) is 30.6 Å². The number of hydrogen-bond acceptors (Lipinski definition) is 6. The van der Waals surface area contributed by atoms with Gasteiger partial charge in [0.15, 0.2) is 11.5 Å². The molecule has 8 heteroatoms. The number of pyridine rings is 1. The van der Waals surface area contributed by atoms with E-state index in [9.17, 15) is 4.79 Å². The second kappa shape index (κ2) is 8.32. The lowest BCUT2D eigenvalue weighted by Crippen LogP contribution is -2.29. The first-order valence-electron chi connectivity index (χ1n) is 11.5. The molecule has 3 N–H and O–H groups in total. The van der Waals surface area contributed by atoms with Crippen LogP contribution in [0.2, 0.25) is 0 Å². The molecule has 0 saturated carbocycles. The molecule has 0 spiro atoms. The molecule has 35 heavy (non-hydrogen) atoms. The summed E-state index contributed by atoms with van der Waals surface area (Å²) >= 11 is 0. The van der Waals surface area contributed by atoms with Crippen LogP contribution in [-0.2, 0) is 13.5 Å². The van der Waals surface area contributed by atoms with Crippen LogP contribution < -0.4 is 11.1 Å². The van der Waals surface area contributed by atoms with E-state index in [-0.39, 0.29) is 23.5 Å². The van der Waals surface area contributed by atoms with Crippen molar-refractivity contribution in [1.82, 2.24) is 30.0 Å². The molecular weight excluding hydrogens is 438 g/mol. The van der Waals surface area contributed by atoms with Crippen LogP contribution in [0.1, 0.15) is 34.1 Å². The van der Waals surface area contributed by atoms with Crippen molar-refractivity contribution in [3.63, 3.8) is 0 Å². The number of nitrogens with zero attached hydrogens (tertiary/aromatic N) is 5. The van der Waals surface area contributed by atoms with Gasteiger partial charge in [0.2, 0.25) is 0 Å². The van der Waals surface area contributed by atoms with Crippen molar-refractivity contribution in [2.75, 3.05) is 5.73 Å². The van der Waals surface area contributed by atoms with E-state index in [0.717, 1.165) is 34.9 Å². The molecule has 1 atom stereocenters. The van der Waals surface area contributed by atoms with E-state index in [0.29, 0.717) is 17.1 Å². The van der Waals surface area contributed by atoms with E-state index in [1.165, 1.54) is 5.56 Å². The van der Waals surface area contributed by atoms with Gasteiger partial charge >= 0.3 is 0 Å². The van der Waals surface area contributed by atoms with E-state index in [4.69, 9.17) is 10.7 Å². The van der Waals surface area contributed by atoms with Crippen LogP contribution in [0.3, 0.4) is 0 Å². The van der Waals surface area contributed by atoms with Crippen molar-refractivity contribution < 1.29 is 4.79 Å². The quantitative estimate of drug-likeness (QED) is 0.417. The number of nitrogens with one attached hydrogen (secondary N) is 1. The molecule has 0 radical (unpaired) electrons. The highest BCUT2D eigenvalue weighted by Gasteiger charge is 2.27. The molecule has 2 aromatic carbocycles. The first kappa shape index (κ1) is 21.0. The van der Waals surface area contributed by atoms with Crippen molar-refractivity contribution in [3.05, 3.63) is 89.9 Å². The van der Waals surface area contributed by atoms with Crippen molar-refractivity contribution in [3.8, 4) is 22.6 Å². The molecule has 3 heterocycles. The average Bonchev–Trinajstić information content (AvgIpc) is 3.50. The number of carbonyl (C=O) groups excluding carboxylic acids is 1. The van der Waals surface area contributed by atoms with E-state index < -0.39 is 0 Å². The Morgan fingerprint density at radius 3 is 2.80 bits per heavy atom.